The molecular formula is C25H16O2. The zero-order valence-electron chi connectivity index (χ0n) is 15.1. The van der Waals surface area contributed by atoms with Gasteiger partial charge in [-0.2, -0.15) is 0 Å². The topological polar surface area (TPSA) is 34.1 Å². The van der Waals surface area contributed by atoms with Crippen LogP contribution in [0, 0.1) is 0 Å². The Morgan fingerprint density at radius 1 is 0.593 bits per heavy atom. The molecule has 6 rings (SSSR count). The van der Waals surface area contributed by atoms with Crippen molar-refractivity contribution in [3.05, 3.63) is 80.6 Å². The van der Waals surface area contributed by atoms with Gasteiger partial charge in [-0.1, -0.05) is 56.3 Å². The average molecular weight is 348 g/mol. The molecule has 0 atom stereocenters. The molecule has 0 bridgehead atoms. The Balaban J connectivity index is 2.09. The Labute approximate surface area is 155 Å². The highest BCUT2D eigenvalue weighted by Crippen LogP contribution is 2.45. The Bertz CT molecular complexity index is 1580. The van der Waals surface area contributed by atoms with Gasteiger partial charge in [0.25, 0.3) is 0 Å². The normalized spacial score (nSPS) is 12.7. The molecule has 0 saturated heterocycles. The standard InChI is InChI=1S/C25H16O2/c1-12(2)14-8-10-17-21-15(14)9-11-19-23(21)22-18(25(17)27)7-6-13-4-3-5-16(20(13)22)24(19)26/h3-12H,1-2H3. The van der Waals surface area contributed by atoms with Gasteiger partial charge in [-0.05, 0) is 34.4 Å². The van der Waals surface area contributed by atoms with Crippen LogP contribution in [0.5, 0.6) is 0 Å². The summed E-state index contributed by atoms with van der Waals surface area (Å²) in [7, 11) is 0. The van der Waals surface area contributed by atoms with E-state index in [0.29, 0.717) is 27.5 Å². The average Bonchev–Trinajstić information content (AvgIpc) is 2.68. The highest BCUT2D eigenvalue weighted by Gasteiger charge is 2.26. The van der Waals surface area contributed by atoms with Crippen LogP contribution in [-0.4, -0.2) is 0 Å². The zero-order valence-corrected chi connectivity index (χ0v) is 15.1. The van der Waals surface area contributed by atoms with Crippen LogP contribution in [0.25, 0.3) is 54.2 Å². The minimum atomic E-state index is 0.0531. The van der Waals surface area contributed by atoms with Crippen molar-refractivity contribution >= 4 is 43.1 Å². The quantitative estimate of drug-likeness (QED) is 0.288. The Hall–Kier alpha value is -3.26. The van der Waals surface area contributed by atoms with Gasteiger partial charge < -0.3 is 0 Å². The summed E-state index contributed by atoms with van der Waals surface area (Å²) < 4.78 is 0. The van der Waals surface area contributed by atoms with E-state index >= 15 is 0 Å². The predicted molar refractivity (Wildman–Crippen MR) is 113 cm³/mol. The molecule has 0 radical (unpaired) electrons. The molecule has 0 spiro atoms. The predicted octanol–water partition coefficient (Wildman–Crippen LogP) is 5.56. The van der Waals surface area contributed by atoms with Crippen LogP contribution in [0.4, 0.5) is 0 Å². The van der Waals surface area contributed by atoms with Gasteiger partial charge in [-0.25, -0.2) is 0 Å². The highest BCUT2D eigenvalue weighted by molar-refractivity contribution is 6.28. The third kappa shape index (κ3) is 1.62. The lowest BCUT2D eigenvalue weighted by atomic mass is 9.80. The Kier molecular flexibility index (Phi) is 2.60. The van der Waals surface area contributed by atoms with Crippen LogP contribution in [0.2, 0.25) is 0 Å². The fourth-order valence-electron chi connectivity index (χ4n) is 4.92. The van der Waals surface area contributed by atoms with E-state index in [1.54, 1.807) is 0 Å². The maximum absolute atomic E-state index is 13.3. The summed E-state index contributed by atoms with van der Waals surface area (Å²) >= 11 is 0. The fourth-order valence-corrected chi connectivity index (χ4v) is 4.92. The van der Waals surface area contributed by atoms with Crippen molar-refractivity contribution in [3.8, 4) is 11.1 Å². The van der Waals surface area contributed by atoms with E-state index in [-0.39, 0.29) is 10.9 Å². The Morgan fingerprint density at radius 3 is 1.93 bits per heavy atom. The first-order valence-corrected chi connectivity index (χ1v) is 9.33. The van der Waals surface area contributed by atoms with Crippen molar-refractivity contribution in [1.29, 1.82) is 0 Å². The molecular weight excluding hydrogens is 332 g/mol. The van der Waals surface area contributed by atoms with Crippen molar-refractivity contribution in [2.45, 2.75) is 19.8 Å². The molecule has 0 N–H and O–H groups in total. The minimum Gasteiger partial charge on any atom is -0.289 e. The molecule has 2 nitrogen and oxygen atoms in total. The minimum absolute atomic E-state index is 0.0531. The second-order valence-corrected chi connectivity index (χ2v) is 7.82. The van der Waals surface area contributed by atoms with Crippen molar-refractivity contribution in [2.24, 2.45) is 0 Å². The van der Waals surface area contributed by atoms with Crippen LogP contribution < -0.4 is 10.9 Å². The van der Waals surface area contributed by atoms with E-state index in [2.05, 4.69) is 19.9 Å². The van der Waals surface area contributed by atoms with Crippen molar-refractivity contribution in [3.63, 3.8) is 0 Å². The number of hydrogen-bond donors (Lipinski definition) is 0. The lowest BCUT2D eigenvalue weighted by Gasteiger charge is -2.22. The van der Waals surface area contributed by atoms with Gasteiger partial charge >= 0.3 is 0 Å². The summed E-state index contributed by atoms with van der Waals surface area (Å²) in [6.45, 7) is 4.32. The van der Waals surface area contributed by atoms with Crippen molar-refractivity contribution in [1.82, 2.24) is 0 Å². The highest BCUT2D eigenvalue weighted by atomic mass is 16.1. The molecule has 0 amide bonds. The van der Waals surface area contributed by atoms with E-state index in [0.717, 1.165) is 32.7 Å². The number of rotatable bonds is 1. The van der Waals surface area contributed by atoms with Gasteiger partial charge in [-0.15, -0.1) is 0 Å². The molecule has 0 unspecified atom stereocenters. The summed E-state index contributed by atoms with van der Waals surface area (Å²) in [6.07, 6.45) is 0. The van der Waals surface area contributed by atoms with E-state index in [4.69, 9.17) is 0 Å². The molecule has 27 heavy (non-hydrogen) atoms. The molecule has 128 valence electrons. The van der Waals surface area contributed by atoms with E-state index in [9.17, 15) is 9.59 Å². The molecule has 0 heterocycles. The van der Waals surface area contributed by atoms with E-state index < -0.39 is 0 Å². The monoisotopic (exact) mass is 348 g/mol. The first-order chi connectivity index (χ1) is 13.1. The summed E-state index contributed by atoms with van der Waals surface area (Å²) in [6, 6.07) is 17.7. The van der Waals surface area contributed by atoms with Crippen LogP contribution >= 0.6 is 0 Å². The van der Waals surface area contributed by atoms with Crippen molar-refractivity contribution < 1.29 is 0 Å². The summed E-state index contributed by atoms with van der Waals surface area (Å²) in [5.41, 5.74) is 3.22. The van der Waals surface area contributed by atoms with Gasteiger partial charge in [-0.3, -0.25) is 9.59 Å². The number of benzene rings is 6. The molecule has 4 aromatic carbocycles. The molecule has 2 aliphatic carbocycles. The van der Waals surface area contributed by atoms with Gasteiger partial charge in [0.05, 0.1) is 0 Å². The number of hydrogen-bond acceptors (Lipinski definition) is 2. The SMILES string of the molecule is CC(C)c1ccc2c(=O)c3ccc4cccc5c(=O)c6ccc1c2c6-c3c45. The lowest BCUT2D eigenvalue weighted by Crippen LogP contribution is -2.13. The summed E-state index contributed by atoms with van der Waals surface area (Å²) in [4.78, 5) is 26.6. The molecule has 0 fully saturated rings. The van der Waals surface area contributed by atoms with Gasteiger partial charge in [0.2, 0.25) is 0 Å². The van der Waals surface area contributed by atoms with Gasteiger partial charge in [0, 0.05) is 43.4 Å². The maximum atomic E-state index is 13.3. The second-order valence-electron chi connectivity index (χ2n) is 7.82. The summed E-state index contributed by atoms with van der Waals surface area (Å²) in [5.74, 6) is 0.343. The van der Waals surface area contributed by atoms with Crippen LogP contribution in [0.3, 0.4) is 0 Å². The zero-order chi connectivity index (χ0) is 18.4. The van der Waals surface area contributed by atoms with Gasteiger partial charge in [0.1, 0.15) is 0 Å². The van der Waals surface area contributed by atoms with E-state index in [1.165, 1.54) is 5.56 Å². The van der Waals surface area contributed by atoms with Crippen LogP contribution in [0.15, 0.2) is 64.2 Å². The molecule has 0 saturated carbocycles. The molecule has 4 aromatic rings. The Morgan fingerprint density at radius 2 is 1.19 bits per heavy atom. The molecule has 0 aliphatic heterocycles. The van der Waals surface area contributed by atoms with Crippen LogP contribution in [0.1, 0.15) is 25.3 Å². The lowest BCUT2D eigenvalue weighted by molar-refractivity contribution is 0.877. The fraction of sp³-hybridized carbons (Fsp3) is 0.120. The smallest absolute Gasteiger partial charge is 0.194 e. The van der Waals surface area contributed by atoms with Crippen molar-refractivity contribution in [2.75, 3.05) is 0 Å². The second kappa shape index (κ2) is 4.72. The molecule has 0 aromatic heterocycles. The maximum Gasteiger partial charge on any atom is 0.194 e. The first kappa shape index (κ1) is 14.9. The largest absolute Gasteiger partial charge is 0.289 e. The summed E-state index contributed by atoms with van der Waals surface area (Å²) in [5, 5.41) is 6.81. The molecule has 2 aliphatic rings. The van der Waals surface area contributed by atoms with Crippen LogP contribution in [-0.2, 0) is 0 Å². The van der Waals surface area contributed by atoms with E-state index in [1.807, 2.05) is 48.5 Å². The molecule has 2 heteroatoms. The van der Waals surface area contributed by atoms with Gasteiger partial charge in [0.15, 0.2) is 10.9 Å². The third-order valence-corrected chi connectivity index (χ3v) is 6.11. The third-order valence-electron chi connectivity index (χ3n) is 6.11. The first-order valence-electron chi connectivity index (χ1n) is 9.33.